The third kappa shape index (κ3) is 3.87. The van der Waals surface area contributed by atoms with Crippen molar-refractivity contribution in [2.24, 2.45) is 0 Å². The molecule has 0 spiro atoms. The first-order valence-corrected chi connectivity index (χ1v) is 6.71. The van der Waals surface area contributed by atoms with Gasteiger partial charge in [-0.15, -0.1) is 0 Å². The highest BCUT2D eigenvalue weighted by molar-refractivity contribution is 6.31. The summed E-state index contributed by atoms with van der Waals surface area (Å²) in [5.74, 6) is 0.733. The molecule has 102 valence electrons. The number of ether oxygens (including phenoxy) is 1. The number of benzene rings is 1. The van der Waals surface area contributed by atoms with Crippen LogP contribution < -0.4 is 10.1 Å². The Morgan fingerprint density at radius 2 is 2.00 bits per heavy atom. The second kappa shape index (κ2) is 6.98. The average Bonchev–Trinajstić information content (AvgIpc) is 2.39. The number of nitrogens with one attached hydrogen (secondary N) is 1. The van der Waals surface area contributed by atoms with E-state index in [1.54, 1.807) is 0 Å². The lowest BCUT2D eigenvalue weighted by atomic mass is 9.99. The summed E-state index contributed by atoms with van der Waals surface area (Å²) in [4.78, 5) is 0. The molecular weight excluding hydrogens is 250 g/mol. The quantitative estimate of drug-likeness (QED) is 0.801. The van der Waals surface area contributed by atoms with Crippen LogP contribution in [0.2, 0.25) is 5.02 Å². The number of hydrogen-bond donors (Lipinski definition) is 2. The zero-order valence-electron chi connectivity index (χ0n) is 11.3. The molecule has 0 fully saturated rings. The van der Waals surface area contributed by atoms with Crippen molar-refractivity contribution >= 4 is 11.6 Å². The van der Waals surface area contributed by atoms with E-state index in [4.69, 9.17) is 16.3 Å². The first kappa shape index (κ1) is 15.3. The van der Waals surface area contributed by atoms with Crippen molar-refractivity contribution in [2.45, 2.75) is 38.8 Å². The molecule has 0 aliphatic rings. The van der Waals surface area contributed by atoms with Gasteiger partial charge in [0.1, 0.15) is 12.4 Å². The zero-order valence-corrected chi connectivity index (χ0v) is 12.0. The standard InChI is InChI=1S/C14H22ClNO2/c1-4-14(17,5-2)10-18-13-8-6-7-12(15)11(13)9-16-3/h6-8,16-17H,4-5,9-10H2,1-3H3. The molecule has 0 saturated heterocycles. The molecule has 0 heterocycles. The molecule has 1 aromatic carbocycles. The van der Waals surface area contributed by atoms with Crippen LogP contribution in [-0.2, 0) is 6.54 Å². The highest BCUT2D eigenvalue weighted by atomic mass is 35.5. The Labute approximate surface area is 114 Å². The van der Waals surface area contributed by atoms with Gasteiger partial charge in [-0.25, -0.2) is 0 Å². The van der Waals surface area contributed by atoms with Crippen LogP contribution in [0.4, 0.5) is 0 Å². The summed E-state index contributed by atoms with van der Waals surface area (Å²) in [6.45, 7) is 4.85. The van der Waals surface area contributed by atoms with Crippen LogP contribution in [0.15, 0.2) is 18.2 Å². The van der Waals surface area contributed by atoms with Crippen molar-refractivity contribution in [2.75, 3.05) is 13.7 Å². The van der Waals surface area contributed by atoms with Crippen LogP contribution in [0.3, 0.4) is 0 Å². The van der Waals surface area contributed by atoms with Gasteiger partial charge in [0, 0.05) is 17.1 Å². The monoisotopic (exact) mass is 271 g/mol. The highest BCUT2D eigenvalue weighted by Crippen LogP contribution is 2.27. The molecular formula is C14H22ClNO2. The van der Waals surface area contributed by atoms with Crippen molar-refractivity contribution in [1.29, 1.82) is 0 Å². The van der Waals surface area contributed by atoms with Crippen molar-refractivity contribution < 1.29 is 9.84 Å². The van der Waals surface area contributed by atoms with Crippen molar-refractivity contribution in [1.82, 2.24) is 5.32 Å². The Morgan fingerprint density at radius 3 is 2.56 bits per heavy atom. The van der Waals surface area contributed by atoms with Crippen LogP contribution >= 0.6 is 11.6 Å². The maximum atomic E-state index is 10.2. The summed E-state index contributed by atoms with van der Waals surface area (Å²) in [6.07, 6.45) is 1.34. The number of hydrogen-bond acceptors (Lipinski definition) is 3. The molecule has 0 saturated carbocycles. The van der Waals surface area contributed by atoms with Crippen LogP contribution in [0.1, 0.15) is 32.3 Å². The molecule has 1 rings (SSSR count). The van der Waals surface area contributed by atoms with Gasteiger partial charge in [0.15, 0.2) is 0 Å². The molecule has 0 aliphatic carbocycles. The van der Waals surface area contributed by atoms with Crippen LogP contribution in [-0.4, -0.2) is 24.4 Å². The molecule has 18 heavy (non-hydrogen) atoms. The lowest BCUT2D eigenvalue weighted by Gasteiger charge is -2.26. The van der Waals surface area contributed by atoms with Crippen LogP contribution in [0.25, 0.3) is 0 Å². The van der Waals surface area contributed by atoms with Gasteiger partial charge in [-0.2, -0.15) is 0 Å². The fourth-order valence-corrected chi connectivity index (χ4v) is 1.92. The van der Waals surface area contributed by atoms with E-state index >= 15 is 0 Å². The number of halogens is 1. The highest BCUT2D eigenvalue weighted by Gasteiger charge is 2.23. The molecule has 0 aromatic heterocycles. The topological polar surface area (TPSA) is 41.5 Å². The maximum absolute atomic E-state index is 10.2. The van der Waals surface area contributed by atoms with Gasteiger partial charge >= 0.3 is 0 Å². The van der Waals surface area contributed by atoms with E-state index in [1.165, 1.54) is 0 Å². The van der Waals surface area contributed by atoms with Crippen LogP contribution in [0.5, 0.6) is 5.75 Å². The van der Waals surface area contributed by atoms with Gasteiger partial charge < -0.3 is 15.2 Å². The smallest absolute Gasteiger partial charge is 0.125 e. The lowest BCUT2D eigenvalue weighted by Crippen LogP contribution is -2.34. The molecule has 0 radical (unpaired) electrons. The summed E-state index contributed by atoms with van der Waals surface area (Å²) in [7, 11) is 1.86. The minimum atomic E-state index is -0.765. The number of rotatable bonds is 7. The van der Waals surface area contributed by atoms with Gasteiger partial charge in [-0.3, -0.25) is 0 Å². The van der Waals surface area contributed by atoms with E-state index in [0.717, 1.165) is 11.3 Å². The fraction of sp³-hybridized carbons (Fsp3) is 0.571. The summed E-state index contributed by atoms with van der Waals surface area (Å²) < 4.78 is 5.74. The van der Waals surface area contributed by atoms with E-state index < -0.39 is 5.60 Å². The van der Waals surface area contributed by atoms with E-state index in [0.29, 0.717) is 24.4 Å². The molecule has 0 unspecified atom stereocenters. The predicted octanol–water partition coefficient (Wildman–Crippen LogP) is 2.99. The Bertz CT molecular complexity index is 378. The first-order valence-electron chi connectivity index (χ1n) is 6.33. The summed E-state index contributed by atoms with van der Waals surface area (Å²) in [6, 6.07) is 5.57. The Balaban J connectivity index is 2.81. The van der Waals surface area contributed by atoms with Gasteiger partial charge in [0.05, 0.1) is 5.60 Å². The Hall–Kier alpha value is -0.770. The second-order valence-corrected chi connectivity index (χ2v) is 4.87. The number of aliphatic hydroxyl groups is 1. The van der Waals surface area contributed by atoms with E-state index in [-0.39, 0.29) is 6.61 Å². The third-order valence-corrected chi connectivity index (χ3v) is 3.60. The molecule has 4 heteroatoms. The van der Waals surface area contributed by atoms with E-state index in [9.17, 15) is 5.11 Å². The Kier molecular flexibility index (Phi) is 5.93. The Morgan fingerprint density at radius 1 is 1.33 bits per heavy atom. The zero-order chi connectivity index (χ0) is 13.6. The van der Waals surface area contributed by atoms with Gasteiger partial charge in [-0.1, -0.05) is 31.5 Å². The third-order valence-electron chi connectivity index (χ3n) is 3.24. The molecule has 0 atom stereocenters. The fourth-order valence-electron chi connectivity index (χ4n) is 1.69. The predicted molar refractivity (Wildman–Crippen MR) is 75.2 cm³/mol. The molecule has 2 N–H and O–H groups in total. The summed E-state index contributed by atoms with van der Waals surface area (Å²) >= 11 is 6.14. The van der Waals surface area contributed by atoms with Crippen molar-refractivity contribution in [3.63, 3.8) is 0 Å². The minimum Gasteiger partial charge on any atom is -0.490 e. The largest absolute Gasteiger partial charge is 0.490 e. The molecule has 3 nitrogen and oxygen atoms in total. The first-order chi connectivity index (χ1) is 8.56. The minimum absolute atomic E-state index is 0.289. The SMILES string of the molecule is CCC(O)(CC)COc1cccc(Cl)c1CNC. The maximum Gasteiger partial charge on any atom is 0.125 e. The second-order valence-electron chi connectivity index (χ2n) is 4.47. The summed E-state index contributed by atoms with van der Waals surface area (Å²) in [5, 5.41) is 13.9. The van der Waals surface area contributed by atoms with E-state index in [2.05, 4.69) is 5.32 Å². The molecule has 0 bridgehead atoms. The van der Waals surface area contributed by atoms with Crippen molar-refractivity contribution in [3.05, 3.63) is 28.8 Å². The van der Waals surface area contributed by atoms with Crippen molar-refractivity contribution in [3.8, 4) is 5.75 Å². The van der Waals surface area contributed by atoms with Crippen LogP contribution in [0, 0.1) is 0 Å². The van der Waals surface area contributed by atoms with Gasteiger partial charge in [0.25, 0.3) is 0 Å². The van der Waals surface area contributed by atoms with Gasteiger partial charge in [-0.05, 0) is 32.0 Å². The van der Waals surface area contributed by atoms with Gasteiger partial charge in [0.2, 0.25) is 0 Å². The molecule has 0 aliphatic heterocycles. The normalized spacial score (nSPS) is 11.6. The molecule has 0 amide bonds. The lowest BCUT2D eigenvalue weighted by molar-refractivity contribution is -0.0116. The molecule has 1 aromatic rings. The summed E-state index contributed by atoms with van der Waals surface area (Å²) in [5.41, 5.74) is 0.162. The average molecular weight is 272 g/mol. The van der Waals surface area contributed by atoms with E-state index in [1.807, 2.05) is 39.1 Å².